The lowest BCUT2D eigenvalue weighted by atomic mass is 10.1. The summed E-state index contributed by atoms with van der Waals surface area (Å²) >= 11 is 4.66. The van der Waals surface area contributed by atoms with Crippen LogP contribution in [0, 0.1) is 0 Å². The third-order valence-corrected chi connectivity index (χ3v) is 6.38. The molecule has 1 heterocycles. The SMILES string of the molecule is NC(=O)CCc1c(NC(=O)OCc2ccccc2)n(C(CS)Cc2ccccc2)c2ccccc12. The number of para-hydroxylation sites is 1. The molecule has 0 radical (unpaired) electrons. The van der Waals surface area contributed by atoms with Crippen LogP contribution < -0.4 is 11.1 Å². The molecule has 0 saturated heterocycles. The van der Waals surface area contributed by atoms with Gasteiger partial charge in [-0.15, -0.1) is 0 Å². The summed E-state index contributed by atoms with van der Waals surface area (Å²) in [5, 5.41) is 3.94. The lowest BCUT2D eigenvalue weighted by Gasteiger charge is -2.22. The van der Waals surface area contributed by atoms with Crippen molar-refractivity contribution in [2.75, 3.05) is 11.1 Å². The van der Waals surface area contributed by atoms with E-state index in [2.05, 4.69) is 34.6 Å². The number of carbonyl (C=O) groups excluding carboxylic acids is 2. The van der Waals surface area contributed by atoms with Gasteiger partial charge in [0.25, 0.3) is 0 Å². The molecular formula is C28H29N3O3S. The average Bonchev–Trinajstić information content (AvgIpc) is 3.18. The van der Waals surface area contributed by atoms with Gasteiger partial charge < -0.3 is 15.0 Å². The van der Waals surface area contributed by atoms with Crippen LogP contribution in [0.15, 0.2) is 84.9 Å². The van der Waals surface area contributed by atoms with Crippen molar-refractivity contribution in [3.05, 3.63) is 102 Å². The number of nitrogens with zero attached hydrogens (tertiary/aromatic N) is 1. The van der Waals surface area contributed by atoms with Crippen LogP contribution in [-0.4, -0.2) is 22.3 Å². The fraction of sp³-hybridized carbons (Fsp3) is 0.214. The zero-order valence-electron chi connectivity index (χ0n) is 19.4. The van der Waals surface area contributed by atoms with Gasteiger partial charge in [-0.05, 0) is 30.0 Å². The number of primary amides is 1. The van der Waals surface area contributed by atoms with Crippen molar-refractivity contribution in [1.82, 2.24) is 4.57 Å². The smallest absolute Gasteiger partial charge is 0.413 e. The van der Waals surface area contributed by atoms with Gasteiger partial charge in [0.2, 0.25) is 5.91 Å². The zero-order chi connectivity index (χ0) is 24.6. The fourth-order valence-electron chi connectivity index (χ4n) is 4.33. The van der Waals surface area contributed by atoms with Crippen molar-refractivity contribution in [3.8, 4) is 0 Å². The molecule has 4 rings (SSSR count). The standard InChI is InChI=1S/C28H29N3O3S/c29-26(32)16-15-24-23-13-7-8-14-25(23)31(22(19-35)17-20-9-3-1-4-10-20)27(24)30-28(33)34-18-21-11-5-2-6-12-21/h1-14,22,35H,15-19H2,(H2,29,32)(H,30,33). The summed E-state index contributed by atoms with van der Waals surface area (Å²) in [6.45, 7) is 0.156. The molecule has 7 heteroatoms. The van der Waals surface area contributed by atoms with Gasteiger partial charge in [0.15, 0.2) is 0 Å². The van der Waals surface area contributed by atoms with E-state index in [1.807, 2.05) is 72.8 Å². The van der Waals surface area contributed by atoms with Gasteiger partial charge >= 0.3 is 6.09 Å². The van der Waals surface area contributed by atoms with Crippen molar-refractivity contribution in [2.45, 2.75) is 31.9 Å². The van der Waals surface area contributed by atoms with E-state index in [1.54, 1.807) is 0 Å². The fourth-order valence-corrected chi connectivity index (χ4v) is 4.62. The Morgan fingerprint density at radius 3 is 2.20 bits per heavy atom. The molecule has 6 nitrogen and oxygen atoms in total. The number of ether oxygens (including phenoxy) is 1. The molecule has 0 fully saturated rings. The molecule has 0 aliphatic carbocycles. The quantitative estimate of drug-likeness (QED) is 0.257. The van der Waals surface area contributed by atoms with E-state index in [4.69, 9.17) is 10.5 Å². The Balaban J connectivity index is 1.72. The van der Waals surface area contributed by atoms with Crippen LogP contribution in [0.4, 0.5) is 10.6 Å². The second-order valence-electron chi connectivity index (χ2n) is 8.39. The molecule has 0 bridgehead atoms. The number of anilines is 1. The lowest BCUT2D eigenvalue weighted by Crippen LogP contribution is -2.22. The minimum Gasteiger partial charge on any atom is -0.444 e. The van der Waals surface area contributed by atoms with Crippen molar-refractivity contribution >= 4 is 41.3 Å². The lowest BCUT2D eigenvalue weighted by molar-refractivity contribution is -0.117. The van der Waals surface area contributed by atoms with Crippen LogP contribution in [0.5, 0.6) is 0 Å². The molecule has 35 heavy (non-hydrogen) atoms. The summed E-state index contributed by atoms with van der Waals surface area (Å²) < 4.78 is 7.63. The molecule has 3 aromatic carbocycles. The first-order valence-corrected chi connectivity index (χ1v) is 12.2. The number of thiol groups is 1. The average molecular weight is 488 g/mol. The summed E-state index contributed by atoms with van der Waals surface area (Å²) in [5.41, 5.74) is 9.35. The first-order valence-electron chi connectivity index (χ1n) is 11.6. The summed E-state index contributed by atoms with van der Waals surface area (Å²) in [4.78, 5) is 24.5. The molecule has 180 valence electrons. The number of rotatable bonds is 10. The van der Waals surface area contributed by atoms with E-state index in [-0.39, 0.29) is 19.1 Å². The molecule has 4 aromatic rings. The molecule has 3 N–H and O–H groups in total. The second kappa shape index (κ2) is 11.6. The summed E-state index contributed by atoms with van der Waals surface area (Å²) in [6.07, 6.45) is 0.746. The van der Waals surface area contributed by atoms with Gasteiger partial charge in [-0.25, -0.2) is 4.79 Å². The third-order valence-electron chi connectivity index (χ3n) is 5.96. The van der Waals surface area contributed by atoms with Gasteiger partial charge in [-0.1, -0.05) is 78.9 Å². The summed E-state index contributed by atoms with van der Waals surface area (Å²) in [6, 6.07) is 27.6. The highest BCUT2D eigenvalue weighted by atomic mass is 32.1. The molecule has 0 aliphatic heterocycles. The van der Waals surface area contributed by atoms with Gasteiger partial charge in [0.05, 0.1) is 5.52 Å². The molecule has 1 unspecified atom stereocenters. The van der Waals surface area contributed by atoms with Gasteiger partial charge in [-0.2, -0.15) is 12.6 Å². The highest BCUT2D eigenvalue weighted by Crippen LogP contribution is 2.36. The van der Waals surface area contributed by atoms with Crippen LogP contribution >= 0.6 is 12.6 Å². The van der Waals surface area contributed by atoms with E-state index < -0.39 is 12.0 Å². The van der Waals surface area contributed by atoms with Crippen molar-refractivity contribution in [1.29, 1.82) is 0 Å². The molecule has 0 saturated carbocycles. The maximum atomic E-state index is 12.9. The highest BCUT2D eigenvalue weighted by molar-refractivity contribution is 7.80. The number of hydrogen-bond acceptors (Lipinski definition) is 4. The van der Waals surface area contributed by atoms with Crippen LogP contribution in [-0.2, 0) is 29.0 Å². The third kappa shape index (κ3) is 6.05. The number of nitrogens with two attached hydrogens (primary N) is 1. The number of benzene rings is 3. The predicted octanol–water partition coefficient (Wildman–Crippen LogP) is 5.52. The Hall–Kier alpha value is -3.71. The van der Waals surface area contributed by atoms with Crippen molar-refractivity contribution < 1.29 is 14.3 Å². The van der Waals surface area contributed by atoms with Crippen molar-refractivity contribution in [3.63, 3.8) is 0 Å². The first-order chi connectivity index (χ1) is 17.1. The minimum atomic E-state index is -0.559. The number of carbonyl (C=O) groups is 2. The number of hydrogen-bond donors (Lipinski definition) is 3. The monoisotopic (exact) mass is 487 g/mol. The van der Waals surface area contributed by atoms with Gasteiger partial charge in [0, 0.05) is 29.2 Å². The van der Waals surface area contributed by atoms with Crippen LogP contribution in [0.3, 0.4) is 0 Å². The zero-order valence-corrected chi connectivity index (χ0v) is 20.3. The molecular weight excluding hydrogens is 458 g/mol. The van der Waals surface area contributed by atoms with Gasteiger partial charge in [0.1, 0.15) is 12.4 Å². The normalized spacial score (nSPS) is 11.8. The van der Waals surface area contributed by atoms with Crippen LogP contribution in [0.2, 0.25) is 0 Å². The molecule has 0 aliphatic rings. The van der Waals surface area contributed by atoms with Crippen LogP contribution in [0.1, 0.15) is 29.2 Å². The largest absolute Gasteiger partial charge is 0.444 e. The topological polar surface area (TPSA) is 86.3 Å². The number of aromatic nitrogens is 1. The van der Waals surface area contributed by atoms with E-state index in [0.29, 0.717) is 18.0 Å². The Morgan fingerprint density at radius 2 is 1.54 bits per heavy atom. The number of fused-ring (bicyclic) bond motifs is 1. The van der Waals surface area contributed by atoms with Crippen molar-refractivity contribution in [2.24, 2.45) is 5.73 Å². The maximum absolute atomic E-state index is 12.9. The Kier molecular flexibility index (Phi) is 8.11. The number of aryl methyl sites for hydroxylation is 1. The molecule has 2 amide bonds. The Labute approximate surface area is 210 Å². The van der Waals surface area contributed by atoms with E-state index in [0.717, 1.165) is 28.5 Å². The predicted molar refractivity (Wildman–Crippen MR) is 143 cm³/mol. The molecule has 0 spiro atoms. The number of amides is 2. The first kappa shape index (κ1) is 24.4. The Morgan fingerprint density at radius 1 is 0.914 bits per heavy atom. The van der Waals surface area contributed by atoms with E-state index in [9.17, 15) is 9.59 Å². The molecule has 1 atom stereocenters. The maximum Gasteiger partial charge on any atom is 0.413 e. The van der Waals surface area contributed by atoms with Gasteiger partial charge in [-0.3, -0.25) is 10.1 Å². The summed E-state index contributed by atoms with van der Waals surface area (Å²) in [5.74, 6) is 0.770. The van der Waals surface area contributed by atoms with Crippen LogP contribution in [0.25, 0.3) is 10.9 Å². The number of nitrogens with one attached hydrogen (secondary N) is 1. The van der Waals surface area contributed by atoms with E-state index in [1.165, 1.54) is 5.56 Å². The minimum absolute atomic E-state index is 0.0441. The Bertz CT molecular complexity index is 1290. The summed E-state index contributed by atoms with van der Waals surface area (Å²) in [7, 11) is 0. The molecule has 1 aromatic heterocycles. The second-order valence-corrected chi connectivity index (χ2v) is 8.76. The van der Waals surface area contributed by atoms with E-state index >= 15 is 0 Å². The highest BCUT2D eigenvalue weighted by Gasteiger charge is 2.24.